The summed E-state index contributed by atoms with van der Waals surface area (Å²) in [7, 11) is 0. The molecule has 0 atom stereocenters. The van der Waals surface area contributed by atoms with E-state index in [1.807, 2.05) is 0 Å². The Labute approximate surface area is 145 Å². The predicted octanol–water partition coefficient (Wildman–Crippen LogP) is 1.78. The Hall–Kier alpha value is 0.412. The van der Waals surface area contributed by atoms with Gasteiger partial charge in [0.2, 0.25) is 0 Å². The molecule has 0 amide bonds. The van der Waals surface area contributed by atoms with Gasteiger partial charge in [-0.15, -0.1) is 0 Å². The molecule has 0 saturated carbocycles. The van der Waals surface area contributed by atoms with Crippen molar-refractivity contribution in [3.63, 3.8) is 0 Å². The number of hydrogen-bond acceptors (Lipinski definition) is 2. The predicted molar refractivity (Wildman–Crippen MR) is 68.5 cm³/mol. The van der Waals surface area contributed by atoms with Crippen molar-refractivity contribution in [2.45, 2.75) is 0 Å². The van der Waals surface area contributed by atoms with Crippen LogP contribution in [-0.4, -0.2) is 9.97 Å². The fourth-order valence-electron chi connectivity index (χ4n) is 0.772. The second kappa shape index (κ2) is 11.3. The zero-order chi connectivity index (χ0) is 12.0. The summed E-state index contributed by atoms with van der Waals surface area (Å²) in [6.45, 7) is 0. The molecule has 8 heteroatoms. The third-order valence-corrected chi connectivity index (χ3v) is 2.17. The molecule has 2 nitrogen and oxygen atoms in total. The van der Waals surface area contributed by atoms with Gasteiger partial charge in [0.25, 0.3) is 0 Å². The molecule has 0 aromatic carbocycles. The number of hydrogen-bond donors (Lipinski definition) is 0. The summed E-state index contributed by atoms with van der Waals surface area (Å²) in [4.78, 5) is 7.44. The summed E-state index contributed by atoms with van der Waals surface area (Å²) >= 11 is 22.0. The van der Waals surface area contributed by atoms with E-state index >= 15 is 0 Å². The molecule has 0 aliphatic rings. The SMILES string of the molecule is Clc1cncc(Cl)c1.Clc1cncc(Cl)c1.[Cl-].[Pd+2]. The maximum absolute atomic E-state index is 5.50. The smallest absolute Gasteiger partial charge is 1.00 e. The zero-order valence-corrected chi connectivity index (χ0v) is 13.9. The maximum Gasteiger partial charge on any atom is 2.00 e. The monoisotopic (exact) mass is 435 g/mol. The Morgan fingerprint density at radius 1 is 0.611 bits per heavy atom. The van der Waals surface area contributed by atoms with E-state index in [1.165, 1.54) is 24.8 Å². The minimum Gasteiger partial charge on any atom is -1.00 e. The van der Waals surface area contributed by atoms with E-state index in [0.717, 1.165) is 0 Å². The molecule has 0 N–H and O–H groups in total. The summed E-state index contributed by atoms with van der Waals surface area (Å²) in [6.07, 6.45) is 6.14. The van der Waals surface area contributed by atoms with Crippen LogP contribution in [0.3, 0.4) is 0 Å². The fraction of sp³-hybridized carbons (Fsp3) is 0. The molecule has 100 valence electrons. The first-order valence-corrected chi connectivity index (χ1v) is 5.61. The summed E-state index contributed by atoms with van der Waals surface area (Å²) in [5.74, 6) is 0. The van der Waals surface area contributed by atoms with E-state index < -0.39 is 0 Å². The molecule has 0 saturated heterocycles. The Balaban J connectivity index is 0. The summed E-state index contributed by atoms with van der Waals surface area (Å²) in [5.41, 5.74) is 0. The molecule has 0 spiro atoms. The van der Waals surface area contributed by atoms with E-state index in [9.17, 15) is 0 Å². The molecule has 2 aromatic heterocycles. The molecule has 2 aromatic rings. The van der Waals surface area contributed by atoms with Crippen LogP contribution < -0.4 is 12.4 Å². The van der Waals surface area contributed by atoms with Crippen molar-refractivity contribution in [1.29, 1.82) is 0 Å². The van der Waals surface area contributed by atoms with Crippen molar-refractivity contribution in [2.24, 2.45) is 0 Å². The molecule has 2 heterocycles. The van der Waals surface area contributed by atoms with Gasteiger partial charge in [-0.1, -0.05) is 46.4 Å². The maximum atomic E-state index is 5.50. The van der Waals surface area contributed by atoms with Crippen LogP contribution in [0.2, 0.25) is 20.1 Å². The minimum absolute atomic E-state index is 0. The van der Waals surface area contributed by atoms with Crippen molar-refractivity contribution < 1.29 is 32.8 Å². The van der Waals surface area contributed by atoms with Gasteiger partial charge in [0.1, 0.15) is 0 Å². The first kappa shape index (κ1) is 20.7. The quantitative estimate of drug-likeness (QED) is 0.587. The van der Waals surface area contributed by atoms with Crippen LogP contribution in [0, 0.1) is 0 Å². The van der Waals surface area contributed by atoms with Crippen molar-refractivity contribution >= 4 is 46.4 Å². The molecule has 0 bridgehead atoms. The topological polar surface area (TPSA) is 25.8 Å². The van der Waals surface area contributed by atoms with Crippen molar-refractivity contribution in [1.82, 2.24) is 9.97 Å². The molecule has 0 radical (unpaired) electrons. The second-order valence-electron chi connectivity index (χ2n) is 2.64. The number of nitrogens with zero attached hydrogens (tertiary/aromatic N) is 2. The van der Waals surface area contributed by atoms with Crippen LogP contribution in [0.5, 0.6) is 0 Å². The van der Waals surface area contributed by atoms with Gasteiger partial charge in [0, 0.05) is 24.8 Å². The van der Waals surface area contributed by atoms with Gasteiger partial charge >= 0.3 is 20.4 Å². The standard InChI is InChI=1S/2C5H3Cl2N.ClH.Pd/c2*6-4-1-5(7)3-8-2-4;;/h2*1-3H;1H;/q;;;+2/p-1. The second-order valence-corrected chi connectivity index (χ2v) is 4.39. The molecule has 0 aliphatic heterocycles. The molecule has 2 rings (SSSR count). The normalized spacial score (nSPS) is 8.22. The van der Waals surface area contributed by atoms with Gasteiger partial charge in [-0.25, -0.2) is 0 Å². The van der Waals surface area contributed by atoms with Crippen molar-refractivity contribution in [3.05, 3.63) is 57.0 Å². The molecular formula is C10H6Cl5N2Pd+. The first-order valence-electron chi connectivity index (χ1n) is 4.10. The van der Waals surface area contributed by atoms with Gasteiger partial charge in [0.05, 0.1) is 20.1 Å². The molecular weight excluding hydrogens is 432 g/mol. The Kier molecular flexibility index (Phi) is 13.0. The van der Waals surface area contributed by atoms with Crippen LogP contribution in [0.25, 0.3) is 0 Å². The first-order chi connectivity index (χ1) is 7.58. The fourth-order valence-corrected chi connectivity index (χ4v) is 1.58. The number of pyridine rings is 2. The third-order valence-electron chi connectivity index (χ3n) is 1.34. The Morgan fingerprint density at radius 3 is 0.944 bits per heavy atom. The average molecular weight is 438 g/mol. The summed E-state index contributed by atoms with van der Waals surface area (Å²) in [6, 6.07) is 3.27. The van der Waals surface area contributed by atoms with Crippen LogP contribution in [0.4, 0.5) is 0 Å². The van der Waals surface area contributed by atoms with E-state index in [0.29, 0.717) is 20.1 Å². The van der Waals surface area contributed by atoms with Gasteiger partial charge in [-0.3, -0.25) is 9.97 Å². The summed E-state index contributed by atoms with van der Waals surface area (Å²) < 4.78 is 0. The largest absolute Gasteiger partial charge is 2.00 e. The van der Waals surface area contributed by atoms with Gasteiger partial charge in [-0.05, 0) is 12.1 Å². The Morgan fingerprint density at radius 2 is 0.833 bits per heavy atom. The van der Waals surface area contributed by atoms with E-state index in [4.69, 9.17) is 46.4 Å². The van der Waals surface area contributed by atoms with Gasteiger partial charge < -0.3 is 12.4 Å². The number of aromatic nitrogens is 2. The molecule has 18 heavy (non-hydrogen) atoms. The van der Waals surface area contributed by atoms with Gasteiger partial charge in [0.15, 0.2) is 0 Å². The van der Waals surface area contributed by atoms with E-state index in [2.05, 4.69) is 9.97 Å². The number of halogens is 5. The zero-order valence-electron chi connectivity index (χ0n) is 8.56. The molecule has 0 aliphatic carbocycles. The van der Waals surface area contributed by atoms with Crippen molar-refractivity contribution in [2.75, 3.05) is 0 Å². The third kappa shape index (κ3) is 9.36. The molecule has 0 fully saturated rings. The van der Waals surface area contributed by atoms with Crippen LogP contribution in [0.1, 0.15) is 0 Å². The van der Waals surface area contributed by atoms with E-state index in [-0.39, 0.29) is 32.8 Å². The molecule has 0 unspecified atom stereocenters. The van der Waals surface area contributed by atoms with Crippen LogP contribution >= 0.6 is 46.4 Å². The van der Waals surface area contributed by atoms with E-state index in [1.54, 1.807) is 12.1 Å². The average Bonchev–Trinajstić information content (AvgIpc) is 2.17. The Bertz CT molecular complexity index is 392. The van der Waals surface area contributed by atoms with Crippen LogP contribution in [-0.2, 0) is 20.4 Å². The van der Waals surface area contributed by atoms with Crippen molar-refractivity contribution in [3.8, 4) is 0 Å². The van der Waals surface area contributed by atoms with Crippen LogP contribution in [0.15, 0.2) is 36.9 Å². The van der Waals surface area contributed by atoms with Gasteiger partial charge in [-0.2, -0.15) is 0 Å². The number of rotatable bonds is 0. The summed E-state index contributed by atoms with van der Waals surface area (Å²) in [5, 5.41) is 2.27. The minimum atomic E-state index is 0.